The van der Waals surface area contributed by atoms with E-state index in [0.29, 0.717) is 43.5 Å². The summed E-state index contributed by atoms with van der Waals surface area (Å²) in [5, 5.41) is 0. The fourth-order valence-corrected chi connectivity index (χ4v) is 6.03. The Hall–Kier alpha value is -1.18. The highest BCUT2D eigenvalue weighted by Crippen LogP contribution is 2.44. The van der Waals surface area contributed by atoms with E-state index in [1.165, 1.54) is 0 Å². The van der Waals surface area contributed by atoms with Gasteiger partial charge in [0.15, 0.2) is 0 Å². The second-order valence-electron chi connectivity index (χ2n) is 10.3. The third kappa shape index (κ3) is 4.13. The molecule has 3 heterocycles. The first-order valence-corrected chi connectivity index (χ1v) is 11.9. The van der Waals surface area contributed by atoms with E-state index in [0.717, 1.165) is 57.8 Å². The number of ether oxygens (including phenoxy) is 5. The van der Waals surface area contributed by atoms with Gasteiger partial charge in [0, 0.05) is 5.92 Å². The van der Waals surface area contributed by atoms with Gasteiger partial charge in [-0.1, -0.05) is 0 Å². The van der Waals surface area contributed by atoms with Crippen molar-refractivity contribution in [1.29, 1.82) is 0 Å². The molecule has 9 unspecified atom stereocenters. The normalized spacial score (nSPS) is 46.5. The van der Waals surface area contributed by atoms with Crippen LogP contribution >= 0.6 is 0 Å². The van der Waals surface area contributed by atoms with E-state index in [9.17, 15) is 9.59 Å². The van der Waals surface area contributed by atoms with E-state index in [2.05, 4.69) is 0 Å². The van der Waals surface area contributed by atoms with Crippen molar-refractivity contribution in [3.8, 4) is 0 Å². The summed E-state index contributed by atoms with van der Waals surface area (Å²) in [5.74, 6) is 0.104. The van der Waals surface area contributed by atoms with E-state index >= 15 is 0 Å². The summed E-state index contributed by atoms with van der Waals surface area (Å²) in [5.41, 5.74) is 0. The predicted molar refractivity (Wildman–Crippen MR) is 103 cm³/mol. The van der Waals surface area contributed by atoms with Crippen LogP contribution in [-0.4, -0.2) is 61.8 Å². The number of hydrogen-bond donors (Lipinski definition) is 0. The molecule has 0 aromatic carbocycles. The van der Waals surface area contributed by atoms with Gasteiger partial charge in [0.1, 0.15) is 0 Å². The number of epoxide rings is 3. The minimum Gasteiger partial charge on any atom is -0.465 e. The summed E-state index contributed by atoms with van der Waals surface area (Å²) in [4.78, 5) is 25.2. The minimum absolute atomic E-state index is 0.0464. The van der Waals surface area contributed by atoms with Crippen LogP contribution in [-0.2, 0) is 33.3 Å². The molecule has 6 aliphatic rings. The molecule has 166 valence electrons. The Morgan fingerprint density at radius 3 is 1.57 bits per heavy atom. The smallest absolute Gasteiger partial charge is 0.309 e. The Kier molecular flexibility index (Phi) is 5.04. The molecule has 0 amide bonds. The molecule has 3 saturated carbocycles. The van der Waals surface area contributed by atoms with Crippen molar-refractivity contribution in [2.45, 2.75) is 94.4 Å². The summed E-state index contributed by atoms with van der Waals surface area (Å²) in [6.45, 7) is 0.663. The lowest BCUT2D eigenvalue weighted by Crippen LogP contribution is -2.34. The van der Waals surface area contributed by atoms with Crippen LogP contribution in [0.25, 0.3) is 0 Å². The van der Waals surface area contributed by atoms with Crippen LogP contribution in [0.1, 0.15) is 57.8 Å². The van der Waals surface area contributed by atoms with Crippen molar-refractivity contribution < 1.29 is 33.3 Å². The van der Waals surface area contributed by atoms with Crippen LogP contribution in [0.4, 0.5) is 0 Å². The van der Waals surface area contributed by atoms with Gasteiger partial charge in [0.25, 0.3) is 0 Å². The molecule has 0 N–H and O–H groups in total. The van der Waals surface area contributed by atoms with Gasteiger partial charge in [-0.15, -0.1) is 0 Å². The summed E-state index contributed by atoms with van der Waals surface area (Å²) >= 11 is 0. The van der Waals surface area contributed by atoms with Crippen molar-refractivity contribution in [2.75, 3.05) is 13.2 Å². The highest BCUT2D eigenvalue weighted by atomic mass is 16.6. The molecule has 0 bridgehead atoms. The first-order chi connectivity index (χ1) is 14.6. The van der Waals surface area contributed by atoms with Gasteiger partial charge < -0.3 is 23.7 Å². The molecule has 7 nitrogen and oxygen atoms in total. The highest BCUT2D eigenvalue weighted by molar-refractivity contribution is 5.73. The maximum Gasteiger partial charge on any atom is 0.309 e. The number of carbonyl (C=O) groups excluding carboxylic acids is 2. The molecule has 3 aliphatic heterocycles. The van der Waals surface area contributed by atoms with Crippen LogP contribution in [0.15, 0.2) is 0 Å². The van der Waals surface area contributed by atoms with Gasteiger partial charge in [0.2, 0.25) is 0 Å². The fourth-order valence-electron chi connectivity index (χ4n) is 6.03. The molecule has 0 aromatic rings. The number of esters is 2. The Bertz CT molecular complexity index is 651. The lowest BCUT2D eigenvalue weighted by atomic mass is 9.80. The van der Waals surface area contributed by atoms with Gasteiger partial charge in [-0.25, -0.2) is 0 Å². The number of hydrogen-bond acceptors (Lipinski definition) is 7. The Morgan fingerprint density at radius 2 is 1.10 bits per heavy atom. The molecular formula is C23H32O7. The molecule has 3 saturated heterocycles. The molecule has 0 radical (unpaired) electrons. The minimum atomic E-state index is -0.110. The standard InChI is InChI=1S/C23H32O7/c24-22(13-2-5-17-20(8-13)29-17)26-10-15(12-1-4-16-19(7-12)28-16)11-27-23(25)14-3-6-18-21(9-14)30-18/h12-21H,1-11H2. The van der Waals surface area contributed by atoms with Gasteiger partial charge in [-0.05, 0) is 63.7 Å². The van der Waals surface area contributed by atoms with Gasteiger partial charge >= 0.3 is 11.9 Å². The predicted octanol–water partition coefficient (Wildman–Crippen LogP) is 2.39. The van der Waals surface area contributed by atoms with Crippen molar-refractivity contribution >= 4 is 11.9 Å². The van der Waals surface area contributed by atoms with Crippen LogP contribution in [0, 0.1) is 23.7 Å². The SMILES string of the molecule is O=C(OCC(COC(=O)C1CCC2OC2C1)C1CCC2OC2C1)C1CCC2OC2C1. The lowest BCUT2D eigenvalue weighted by molar-refractivity contribution is -0.156. The first-order valence-electron chi connectivity index (χ1n) is 11.9. The molecule has 30 heavy (non-hydrogen) atoms. The summed E-state index contributed by atoms with van der Waals surface area (Å²) in [6.07, 6.45) is 10.3. The zero-order valence-corrected chi connectivity index (χ0v) is 17.4. The molecule has 6 fully saturated rings. The third-order valence-corrected chi connectivity index (χ3v) is 8.27. The van der Waals surface area contributed by atoms with Crippen molar-refractivity contribution in [2.24, 2.45) is 23.7 Å². The summed E-state index contributed by atoms with van der Waals surface area (Å²) < 4.78 is 28.3. The van der Waals surface area contributed by atoms with E-state index in [1.54, 1.807) is 0 Å². The van der Waals surface area contributed by atoms with Crippen LogP contribution < -0.4 is 0 Å². The monoisotopic (exact) mass is 420 g/mol. The zero-order chi connectivity index (χ0) is 20.2. The number of fused-ring (bicyclic) bond motifs is 3. The van der Waals surface area contributed by atoms with Crippen LogP contribution in [0.3, 0.4) is 0 Å². The Morgan fingerprint density at radius 1 is 0.633 bits per heavy atom. The van der Waals surface area contributed by atoms with Crippen molar-refractivity contribution in [3.63, 3.8) is 0 Å². The van der Waals surface area contributed by atoms with Crippen molar-refractivity contribution in [3.05, 3.63) is 0 Å². The van der Waals surface area contributed by atoms with E-state index in [1.807, 2.05) is 0 Å². The fraction of sp³-hybridized carbons (Fsp3) is 0.913. The quantitative estimate of drug-likeness (QED) is 0.461. The molecular weight excluding hydrogens is 388 g/mol. The maximum atomic E-state index is 12.6. The number of rotatable bonds is 7. The van der Waals surface area contributed by atoms with E-state index in [4.69, 9.17) is 23.7 Å². The molecule has 0 aromatic heterocycles. The highest BCUT2D eigenvalue weighted by Gasteiger charge is 2.48. The topological polar surface area (TPSA) is 90.2 Å². The van der Waals surface area contributed by atoms with Gasteiger partial charge in [-0.2, -0.15) is 0 Å². The molecule has 0 spiro atoms. The van der Waals surface area contributed by atoms with E-state index in [-0.39, 0.29) is 41.9 Å². The second kappa shape index (κ2) is 7.75. The average molecular weight is 421 g/mol. The lowest BCUT2D eigenvalue weighted by Gasteiger charge is -2.29. The third-order valence-electron chi connectivity index (χ3n) is 8.27. The summed E-state index contributed by atoms with van der Waals surface area (Å²) in [7, 11) is 0. The van der Waals surface area contributed by atoms with E-state index < -0.39 is 0 Å². The first kappa shape index (κ1) is 19.5. The Balaban J connectivity index is 1.03. The summed E-state index contributed by atoms with van der Waals surface area (Å²) in [6, 6.07) is 0. The second-order valence-corrected chi connectivity index (χ2v) is 10.3. The van der Waals surface area contributed by atoms with Gasteiger partial charge in [0.05, 0.1) is 61.7 Å². The van der Waals surface area contributed by atoms with Crippen LogP contribution in [0.2, 0.25) is 0 Å². The van der Waals surface area contributed by atoms with Gasteiger partial charge in [-0.3, -0.25) is 9.59 Å². The average Bonchev–Trinajstić information content (AvgIpc) is 3.64. The molecule has 9 atom stereocenters. The largest absolute Gasteiger partial charge is 0.465 e. The Labute approximate surface area is 177 Å². The molecule has 3 aliphatic carbocycles. The molecule has 7 heteroatoms. The van der Waals surface area contributed by atoms with Crippen molar-refractivity contribution in [1.82, 2.24) is 0 Å². The van der Waals surface area contributed by atoms with Crippen LogP contribution in [0.5, 0.6) is 0 Å². The zero-order valence-electron chi connectivity index (χ0n) is 17.4. The number of carbonyl (C=O) groups is 2. The molecule has 6 rings (SSSR count). The maximum absolute atomic E-state index is 12.6.